The number of rotatable bonds is 0. The zero-order chi connectivity index (χ0) is 14.0. The van der Waals surface area contributed by atoms with Gasteiger partial charge in [-0.05, 0) is 29.6 Å². The van der Waals surface area contributed by atoms with Crippen molar-refractivity contribution in [3.63, 3.8) is 0 Å². The smallest absolute Gasteiger partial charge is 0.194 e. The Morgan fingerprint density at radius 1 is 0.889 bits per heavy atom. The third-order valence-electron chi connectivity index (χ3n) is 5.48. The third kappa shape index (κ3) is 1.61. The minimum atomic E-state index is -0.351. The predicted molar refractivity (Wildman–Crippen MR) is 73.8 cm³/mol. The fourth-order valence-corrected chi connectivity index (χ4v) is 5.06. The van der Waals surface area contributed by atoms with Crippen molar-refractivity contribution < 1.29 is 9.78 Å². The second kappa shape index (κ2) is 3.73. The van der Waals surface area contributed by atoms with Crippen molar-refractivity contribution in [1.29, 1.82) is 0 Å². The van der Waals surface area contributed by atoms with Crippen molar-refractivity contribution in [2.75, 3.05) is 0 Å². The first-order valence-corrected chi connectivity index (χ1v) is 7.35. The summed E-state index contributed by atoms with van der Waals surface area (Å²) in [4.78, 5) is 11.3. The maximum Gasteiger partial charge on any atom is 0.243 e. The molecule has 0 N–H and O–H groups in total. The summed E-state index contributed by atoms with van der Waals surface area (Å²) in [6.45, 7) is 18.7. The van der Waals surface area contributed by atoms with Gasteiger partial charge in [-0.15, -0.1) is 0 Å². The molecule has 0 amide bonds. The van der Waals surface area contributed by atoms with Gasteiger partial charge in [0.25, 0.3) is 0 Å². The standard InChI is InChI=1S/C16H30O2/c1-11-9-12(2)16(17-18-16)15(10-11,13(3,4)5)14(6,7)8/h11-12H,9-10H2,1-8H3. The van der Waals surface area contributed by atoms with E-state index in [9.17, 15) is 0 Å². The van der Waals surface area contributed by atoms with Crippen molar-refractivity contribution in [2.45, 2.75) is 74.0 Å². The van der Waals surface area contributed by atoms with Gasteiger partial charge in [0.1, 0.15) is 0 Å². The molecule has 1 aliphatic heterocycles. The average Bonchev–Trinajstić information content (AvgIpc) is 2.88. The Bertz CT molecular complexity index is 314. The summed E-state index contributed by atoms with van der Waals surface area (Å²) in [5.74, 6) is 0.854. The molecule has 0 aromatic carbocycles. The molecule has 106 valence electrons. The quantitative estimate of drug-likeness (QED) is 0.458. The van der Waals surface area contributed by atoms with E-state index in [1.807, 2.05) is 0 Å². The van der Waals surface area contributed by atoms with Crippen molar-refractivity contribution >= 4 is 0 Å². The molecule has 2 heteroatoms. The first kappa shape index (κ1) is 14.3. The van der Waals surface area contributed by atoms with Gasteiger partial charge in [-0.25, -0.2) is 0 Å². The normalized spacial score (nSPS) is 34.7. The maximum absolute atomic E-state index is 5.67. The first-order valence-electron chi connectivity index (χ1n) is 7.35. The molecule has 2 unspecified atom stereocenters. The first-order chi connectivity index (χ1) is 7.98. The Morgan fingerprint density at radius 2 is 1.33 bits per heavy atom. The number of hydrogen-bond donors (Lipinski definition) is 0. The third-order valence-corrected chi connectivity index (χ3v) is 5.48. The van der Waals surface area contributed by atoms with E-state index >= 15 is 0 Å². The fraction of sp³-hybridized carbons (Fsp3) is 1.00. The highest BCUT2D eigenvalue weighted by atomic mass is 17.4. The molecule has 1 heterocycles. The highest BCUT2D eigenvalue weighted by molar-refractivity contribution is 5.14. The molecule has 0 radical (unpaired) electrons. The molecule has 1 saturated carbocycles. The Morgan fingerprint density at radius 3 is 1.67 bits per heavy atom. The van der Waals surface area contributed by atoms with Crippen molar-refractivity contribution in [3.8, 4) is 0 Å². The van der Waals surface area contributed by atoms with Crippen LogP contribution in [-0.4, -0.2) is 5.79 Å². The minimum absolute atomic E-state index is 0.0596. The average molecular weight is 254 g/mol. The molecule has 0 bridgehead atoms. The van der Waals surface area contributed by atoms with Crippen molar-refractivity contribution in [1.82, 2.24) is 0 Å². The Kier molecular flexibility index (Phi) is 2.97. The molecular formula is C16H30O2. The summed E-state index contributed by atoms with van der Waals surface area (Å²) < 4.78 is 0. The summed E-state index contributed by atoms with van der Waals surface area (Å²) in [7, 11) is 0. The lowest BCUT2D eigenvalue weighted by molar-refractivity contribution is -0.165. The minimum Gasteiger partial charge on any atom is -0.194 e. The van der Waals surface area contributed by atoms with Gasteiger partial charge in [-0.1, -0.05) is 55.4 Å². The summed E-state index contributed by atoms with van der Waals surface area (Å²) >= 11 is 0. The van der Waals surface area contributed by atoms with Crippen LogP contribution in [0.4, 0.5) is 0 Å². The van der Waals surface area contributed by atoms with Gasteiger partial charge in [0, 0.05) is 11.3 Å². The van der Waals surface area contributed by atoms with Crippen LogP contribution in [0.15, 0.2) is 0 Å². The van der Waals surface area contributed by atoms with Gasteiger partial charge in [-0.2, -0.15) is 9.78 Å². The lowest BCUT2D eigenvalue weighted by atomic mass is 9.44. The molecular weight excluding hydrogens is 224 g/mol. The zero-order valence-corrected chi connectivity index (χ0v) is 13.4. The van der Waals surface area contributed by atoms with E-state index in [1.54, 1.807) is 0 Å². The van der Waals surface area contributed by atoms with Crippen LogP contribution in [0.1, 0.15) is 68.2 Å². The van der Waals surface area contributed by atoms with Gasteiger partial charge in [0.2, 0.25) is 5.79 Å². The van der Waals surface area contributed by atoms with Crippen LogP contribution in [0.25, 0.3) is 0 Å². The Labute approximate surface area is 112 Å². The maximum atomic E-state index is 5.67. The molecule has 2 aliphatic rings. The molecule has 0 aromatic rings. The van der Waals surface area contributed by atoms with E-state index in [-0.39, 0.29) is 22.0 Å². The summed E-state index contributed by atoms with van der Waals surface area (Å²) in [6, 6.07) is 0. The molecule has 1 aliphatic carbocycles. The molecule has 2 fully saturated rings. The van der Waals surface area contributed by atoms with Gasteiger partial charge >= 0.3 is 0 Å². The summed E-state index contributed by atoms with van der Waals surface area (Å²) in [6.07, 6.45) is 2.39. The molecule has 2 nitrogen and oxygen atoms in total. The van der Waals surface area contributed by atoms with E-state index in [1.165, 1.54) is 12.8 Å². The zero-order valence-electron chi connectivity index (χ0n) is 13.4. The molecule has 0 aromatic heterocycles. The second-order valence-electron chi connectivity index (χ2n) is 8.69. The highest BCUT2D eigenvalue weighted by Gasteiger charge is 2.76. The van der Waals surface area contributed by atoms with Crippen LogP contribution in [0.5, 0.6) is 0 Å². The molecule has 2 atom stereocenters. The topological polar surface area (TPSA) is 25.1 Å². The Balaban J connectivity index is 2.58. The molecule has 1 saturated heterocycles. The number of hydrogen-bond acceptors (Lipinski definition) is 2. The summed E-state index contributed by atoms with van der Waals surface area (Å²) in [5, 5.41) is 0. The van der Waals surface area contributed by atoms with E-state index in [0.29, 0.717) is 5.92 Å². The molecule has 1 spiro atoms. The lowest BCUT2D eigenvalue weighted by Crippen LogP contribution is -2.61. The van der Waals surface area contributed by atoms with Gasteiger partial charge in [0.15, 0.2) is 0 Å². The predicted octanol–water partition coefficient (Wildman–Crippen LogP) is 4.79. The van der Waals surface area contributed by atoms with Crippen LogP contribution in [0.3, 0.4) is 0 Å². The monoisotopic (exact) mass is 254 g/mol. The van der Waals surface area contributed by atoms with Crippen molar-refractivity contribution in [3.05, 3.63) is 0 Å². The van der Waals surface area contributed by atoms with E-state index in [0.717, 1.165) is 5.92 Å². The van der Waals surface area contributed by atoms with Crippen LogP contribution in [0.2, 0.25) is 0 Å². The molecule has 2 rings (SSSR count). The van der Waals surface area contributed by atoms with Crippen LogP contribution in [-0.2, 0) is 9.78 Å². The Hall–Kier alpha value is -0.0800. The summed E-state index contributed by atoms with van der Waals surface area (Å²) in [5.41, 5.74) is 0.374. The van der Waals surface area contributed by atoms with Crippen molar-refractivity contribution in [2.24, 2.45) is 28.1 Å². The van der Waals surface area contributed by atoms with E-state index in [4.69, 9.17) is 9.78 Å². The largest absolute Gasteiger partial charge is 0.243 e. The van der Waals surface area contributed by atoms with Gasteiger partial charge in [0.05, 0.1) is 0 Å². The van der Waals surface area contributed by atoms with E-state index < -0.39 is 0 Å². The van der Waals surface area contributed by atoms with Crippen LogP contribution in [0, 0.1) is 28.1 Å². The fourth-order valence-electron chi connectivity index (χ4n) is 5.06. The lowest BCUT2D eigenvalue weighted by Gasteiger charge is -2.59. The van der Waals surface area contributed by atoms with Gasteiger partial charge < -0.3 is 0 Å². The molecule has 18 heavy (non-hydrogen) atoms. The highest BCUT2D eigenvalue weighted by Crippen LogP contribution is 2.71. The SMILES string of the molecule is CC1CC(C)C2(OO2)C(C(C)(C)C)(C(C)(C)C)C1. The van der Waals surface area contributed by atoms with Gasteiger partial charge in [-0.3, -0.25) is 0 Å². The second-order valence-corrected chi connectivity index (χ2v) is 8.69. The van der Waals surface area contributed by atoms with Crippen LogP contribution >= 0.6 is 0 Å². The van der Waals surface area contributed by atoms with E-state index in [2.05, 4.69) is 55.4 Å². The van der Waals surface area contributed by atoms with Crippen LogP contribution < -0.4 is 0 Å².